The van der Waals surface area contributed by atoms with Gasteiger partial charge in [-0.25, -0.2) is 4.79 Å². The minimum atomic E-state index is -0.604. The van der Waals surface area contributed by atoms with Crippen LogP contribution in [0, 0.1) is 0 Å². The number of carbonyl (C=O) groups excluding carboxylic acids is 2. The Morgan fingerprint density at radius 1 is 1.00 bits per heavy atom. The molecule has 2 aromatic carbocycles. The van der Waals surface area contributed by atoms with Crippen LogP contribution in [0.5, 0.6) is 0 Å². The lowest BCUT2D eigenvalue weighted by Crippen LogP contribution is -2.28. The lowest BCUT2D eigenvalue weighted by Gasteiger charge is -2.06. The van der Waals surface area contributed by atoms with Crippen LogP contribution in [-0.2, 0) is 21.3 Å². The minimum absolute atomic E-state index is 0.216. The number of rotatable bonds is 6. The van der Waals surface area contributed by atoms with Gasteiger partial charge in [-0.2, -0.15) is 5.48 Å². The fraction of sp³-hybridized carbons (Fsp3) is 0.176. The van der Waals surface area contributed by atoms with Gasteiger partial charge in [-0.1, -0.05) is 42.5 Å². The van der Waals surface area contributed by atoms with Crippen LogP contribution in [0.2, 0.25) is 0 Å². The first-order chi connectivity index (χ1) is 11.2. The number of halogens is 1. The summed E-state index contributed by atoms with van der Waals surface area (Å²) in [7, 11) is 0. The lowest BCUT2D eigenvalue weighted by atomic mass is 10.1. The molecule has 0 saturated heterocycles. The highest BCUT2D eigenvalue weighted by Crippen LogP contribution is 2.11. The molecule has 0 unspecified atom stereocenters. The lowest BCUT2D eigenvalue weighted by molar-refractivity contribution is -0.127. The van der Waals surface area contributed by atoms with E-state index in [1.165, 1.54) is 11.8 Å². The Morgan fingerprint density at radius 2 is 1.70 bits per heavy atom. The number of alkyl halides is 1. The number of carbonyl (C=O) groups is 2. The van der Waals surface area contributed by atoms with Crippen LogP contribution in [0.3, 0.4) is 0 Å². The Morgan fingerprint density at radius 3 is 2.35 bits per heavy atom. The van der Waals surface area contributed by atoms with E-state index in [-0.39, 0.29) is 11.7 Å². The maximum atomic E-state index is 11.8. The van der Waals surface area contributed by atoms with Crippen molar-refractivity contribution in [3.63, 3.8) is 0 Å². The first kappa shape index (κ1) is 17.4. The van der Waals surface area contributed by atoms with Gasteiger partial charge in [-0.3, -0.25) is 4.79 Å². The molecule has 2 aromatic rings. The van der Waals surface area contributed by atoms with Gasteiger partial charge >= 0.3 is 5.97 Å². The molecule has 0 aromatic heterocycles. The summed E-state index contributed by atoms with van der Waals surface area (Å²) in [5, 5.41) is 0. The predicted molar refractivity (Wildman–Crippen MR) is 92.2 cm³/mol. The van der Waals surface area contributed by atoms with Gasteiger partial charge in [0.1, 0.15) is 0 Å². The third kappa shape index (κ3) is 5.96. The monoisotopic (exact) mass is 349 g/mol. The van der Waals surface area contributed by atoms with Crippen LogP contribution in [-0.4, -0.2) is 17.6 Å². The molecule has 0 saturated carbocycles. The largest absolute Gasteiger partial charge is 0.362 e. The first-order valence-electron chi connectivity index (χ1n) is 6.95. The van der Waals surface area contributed by atoms with E-state index in [1.807, 2.05) is 30.3 Å². The maximum Gasteiger partial charge on any atom is 0.362 e. The number of hydrogen-bond donors (Lipinski definition) is 1. The number of thioether (sulfide) groups is 1. The van der Waals surface area contributed by atoms with E-state index >= 15 is 0 Å². The summed E-state index contributed by atoms with van der Waals surface area (Å²) in [4.78, 5) is 28.2. The second-order valence-corrected chi connectivity index (χ2v) is 5.98. The summed E-state index contributed by atoms with van der Waals surface area (Å²) in [6.07, 6.45) is 0. The van der Waals surface area contributed by atoms with Crippen LogP contribution >= 0.6 is 23.4 Å². The van der Waals surface area contributed by atoms with E-state index in [2.05, 4.69) is 5.48 Å². The van der Waals surface area contributed by atoms with E-state index in [1.54, 1.807) is 24.3 Å². The van der Waals surface area contributed by atoms with Crippen LogP contribution in [0.4, 0.5) is 0 Å². The zero-order valence-electron chi connectivity index (χ0n) is 12.3. The Labute approximate surface area is 144 Å². The molecule has 1 amide bonds. The summed E-state index contributed by atoms with van der Waals surface area (Å²) in [6, 6.07) is 16.5. The van der Waals surface area contributed by atoms with Crippen molar-refractivity contribution in [2.45, 2.75) is 11.6 Å². The van der Waals surface area contributed by atoms with E-state index in [9.17, 15) is 9.59 Å². The molecule has 23 heavy (non-hydrogen) atoms. The molecule has 0 bridgehead atoms. The summed E-state index contributed by atoms with van der Waals surface area (Å²) >= 11 is 7.13. The summed E-state index contributed by atoms with van der Waals surface area (Å²) in [5.41, 5.74) is 4.57. The standard InChI is InChI=1S/C17H16ClNO3S/c18-10-13-6-8-15(9-7-13)17(21)22-19-16(20)12-23-11-14-4-2-1-3-5-14/h1-9H,10-12H2,(H,19,20). The second kappa shape index (κ2) is 9.22. The van der Waals surface area contributed by atoms with Gasteiger partial charge in [0.2, 0.25) is 0 Å². The topological polar surface area (TPSA) is 55.4 Å². The van der Waals surface area contributed by atoms with Crippen molar-refractivity contribution in [3.8, 4) is 0 Å². The molecule has 4 nitrogen and oxygen atoms in total. The van der Waals surface area contributed by atoms with Gasteiger partial charge in [0.15, 0.2) is 0 Å². The highest BCUT2D eigenvalue weighted by Gasteiger charge is 2.10. The van der Waals surface area contributed by atoms with Crippen molar-refractivity contribution in [2.24, 2.45) is 0 Å². The van der Waals surface area contributed by atoms with Crippen molar-refractivity contribution in [3.05, 3.63) is 71.3 Å². The third-order valence-corrected chi connectivity index (χ3v) is 4.26. The molecular formula is C17H16ClNO3S. The molecule has 0 radical (unpaired) electrons. The molecule has 0 heterocycles. The molecule has 0 fully saturated rings. The average molecular weight is 350 g/mol. The van der Waals surface area contributed by atoms with Crippen molar-refractivity contribution in [1.82, 2.24) is 5.48 Å². The Bertz CT molecular complexity index is 647. The normalized spacial score (nSPS) is 10.1. The Kier molecular flexibility index (Phi) is 6.97. The van der Waals surface area contributed by atoms with Gasteiger partial charge < -0.3 is 4.84 Å². The maximum absolute atomic E-state index is 11.8. The SMILES string of the molecule is O=C(CSCc1ccccc1)NOC(=O)c1ccc(CCl)cc1. The van der Waals surface area contributed by atoms with Gasteiger partial charge in [0, 0.05) is 11.6 Å². The molecule has 1 N–H and O–H groups in total. The van der Waals surface area contributed by atoms with Crippen molar-refractivity contribution >= 4 is 35.2 Å². The molecular weight excluding hydrogens is 334 g/mol. The number of benzene rings is 2. The van der Waals surface area contributed by atoms with Gasteiger partial charge in [0.05, 0.1) is 11.3 Å². The van der Waals surface area contributed by atoms with E-state index in [4.69, 9.17) is 16.4 Å². The summed E-state index contributed by atoms with van der Waals surface area (Å²) < 4.78 is 0. The van der Waals surface area contributed by atoms with E-state index < -0.39 is 5.97 Å². The third-order valence-electron chi connectivity index (χ3n) is 2.95. The Balaban J connectivity index is 1.70. The number of nitrogens with one attached hydrogen (secondary N) is 1. The molecule has 0 aliphatic heterocycles. The highest BCUT2D eigenvalue weighted by atomic mass is 35.5. The average Bonchev–Trinajstić information content (AvgIpc) is 2.60. The van der Waals surface area contributed by atoms with Crippen LogP contribution in [0.15, 0.2) is 54.6 Å². The van der Waals surface area contributed by atoms with Gasteiger partial charge in [0.25, 0.3) is 5.91 Å². The second-order valence-electron chi connectivity index (χ2n) is 4.72. The molecule has 0 aliphatic carbocycles. The van der Waals surface area contributed by atoms with Crippen LogP contribution in [0.25, 0.3) is 0 Å². The molecule has 6 heteroatoms. The van der Waals surface area contributed by atoms with Gasteiger partial charge in [-0.15, -0.1) is 23.4 Å². The smallest absolute Gasteiger partial charge is 0.335 e. The van der Waals surface area contributed by atoms with E-state index in [0.717, 1.165) is 16.9 Å². The van der Waals surface area contributed by atoms with Crippen LogP contribution < -0.4 is 5.48 Å². The highest BCUT2D eigenvalue weighted by molar-refractivity contribution is 7.99. The van der Waals surface area contributed by atoms with E-state index in [0.29, 0.717) is 11.4 Å². The first-order valence-corrected chi connectivity index (χ1v) is 8.64. The number of hydrogen-bond acceptors (Lipinski definition) is 4. The predicted octanol–water partition coefficient (Wildman–Crippen LogP) is 3.55. The fourth-order valence-corrected chi connectivity index (χ4v) is 2.71. The molecule has 0 atom stereocenters. The summed E-state index contributed by atoms with van der Waals surface area (Å²) in [6.45, 7) is 0. The van der Waals surface area contributed by atoms with Crippen LogP contribution in [0.1, 0.15) is 21.5 Å². The minimum Gasteiger partial charge on any atom is -0.335 e. The van der Waals surface area contributed by atoms with Crippen molar-refractivity contribution in [2.75, 3.05) is 5.75 Å². The number of hydroxylamine groups is 1. The number of amides is 1. The molecule has 0 spiro atoms. The zero-order valence-corrected chi connectivity index (χ0v) is 13.9. The molecule has 2 rings (SSSR count). The van der Waals surface area contributed by atoms with Gasteiger partial charge in [-0.05, 0) is 23.3 Å². The fourth-order valence-electron chi connectivity index (χ4n) is 1.76. The zero-order chi connectivity index (χ0) is 16.5. The Hall–Kier alpha value is -1.98. The quantitative estimate of drug-likeness (QED) is 0.640. The summed E-state index contributed by atoms with van der Waals surface area (Å²) in [5.74, 6) is 0.365. The van der Waals surface area contributed by atoms with Crippen molar-refractivity contribution in [1.29, 1.82) is 0 Å². The molecule has 0 aliphatic rings. The molecule has 120 valence electrons. The van der Waals surface area contributed by atoms with Crippen molar-refractivity contribution < 1.29 is 14.4 Å².